The van der Waals surface area contributed by atoms with Crippen molar-refractivity contribution >= 4 is 12.1 Å². The number of allylic oxidation sites excluding steroid dienone is 2. The van der Waals surface area contributed by atoms with E-state index in [1.54, 1.807) is 13.8 Å². The number of carboxylic acid groups (broad SMARTS) is 1. The molecule has 2 N–H and O–H groups in total. The summed E-state index contributed by atoms with van der Waals surface area (Å²) in [6.07, 6.45) is 4.86. The summed E-state index contributed by atoms with van der Waals surface area (Å²) >= 11 is 0. The molecule has 1 fully saturated rings. The minimum Gasteiger partial charge on any atom is -0.481 e. The van der Waals surface area contributed by atoms with E-state index in [9.17, 15) is 14.7 Å². The molecule has 0 aromatic heterocycles. The van der Waals surface area contributed by atoms with E-state index in [1.807, 2.05) is 13.8 Å². The van der Waals surface area contributed by atoms with Crippen molar-refractivity contribution in [2.24, 2.45) is 0 Å². The van der Waals surface area contributed by atoms with Gasteiger partial charge in [0.15, 0.2) is 11.3 Å². The van der Waals surface area contributed by atoms with Gasteiger partial charge in [0.1, 0.15) is 0 Å². The Morgan fingerprint density at radius 2 is 1.91 bits per heavy atom. The maximum Gasteiger partial charge on any atom is 0.412 e. The van der Waals surface area contributed by atoms with Crippen LogP contribution in [0.1, 0.15) is 66.2 Å². The van der Waals surface area contributed by atoms with Crippen molar-refractivity contribution in [3.63, 3.8) is 0 Å². The highest BCUT2D eigenvalue weighted by Crippen LogP contribution is 2.40. The van der Waals surface area contributed by atoms with Gasteiger partial charge in [-0.3, -0.25) is 9.69 Å². The van der Waals surface area contributed by atoms with Crippen LogP contribution in [0.4, 0.5) is 4.79 Å². The number of aliphatic carboxylic acids is 1. The molecular weight excluding hydrogens is 298 g/mol. The molecule has 0 unspecified atom stereocenters. The van der Waals surface area contributed by atoms with Gasteiger partial charge >= 0.3 is 12.1 Å². The number of hydrogen-bond acceptors (Lipinski definition) is 4. The third-order valence-corrected chi connectivity index (χ3v) is 4.51. The van der Waals surface area contributed by atoms with Crippen LogP contribution in [0.25, 0.3) is 0 Å². The molecule has 0 bridgehead atoms. The van der Waals surface area contributed by atoms with Gasteiger partial charge in [0, 0.05) is 13.0 Å². The van der Waals surface area contributed by atoms with E-state index in [0.29, 0.717) is 32.2 Å². The normalized spacial score (nSPS) is 27.0. The quantitative estimate of drug-likeness (QED) is 0.501. The molecule has 0 spiro atoms. The van der Waals surface area contributed by atoms with Crippen LogP contribution in [0.5, 0.6) is 0 Å². The zero-order chi connectivity index (χ0) is 17.7. The Kier molecular flexibility index (Phi) is 6.62. The van der Waals surface area contributed by atoms with Crippen LogP contribution in [0.2, 0.25) is 0 Å². The second kappa shape index (κ2) is 7.81. The average Bonchev–Trinajstić information content (AvgIpc) is 2.56. The fourth-order valence-electron chi connectivity index (χ4n) is 2.76. The lowest BCUT2D eigenvalue weighted by Crippen LogP contribution is -2.55. The Balaban J connectivity index is 2.59. The molecule has 0 radical (unpaired) electrons. The number of cyclic esters (lactones) is 1. The average molecular weight is 327 g/mol. The summed E-state index contributed by atoms with van der Waals surface area (Å²) in [7, 11) is 0. The van der Waals surface area contributed by atoms with E-state index in [0.717, 1.165) is 6.42 Å². The van der Waals surface area contributed by atoms with Crippen LogP contribution in [0.15, 0.2) is 11.6 Å². The van der Waals surface area contributed by atoms with Gasteiger partial charge in [0.05, 0.1) is 0 Å². The number of ether oxygens (including phenoxy) is 1. The fraction of sp³-hybridized carbons (Fsp3) is 0.765. The number of carboxylic acids is 1. The molecule has 2 atom stereocenters. The van der Waals surface area contributed by atoms with Crippen molar-refractivity contribution in [1.82, 2.24) is 4.90 Å². The second-order valence-corrected chi connectivity index (χ2v) is 6.80. The van der Waals surface area contributed by atoms with Crippen LogP contribution >= 0.6 is 0 Å². The van der Waals surface area contributed by atoms with Gasteiger partial charge in [-0.1, -0.05) is 18.1 Å². The van der Waals surface area contributed by atoms with Gasteiger partial charge in [0.25, 0.3) is 0 Å². The predicted molar refractivity (Wildman–Crippen MR) is 87.0 cm³/mol. The van der Waals surface area contributed by atoms with Gasteiger partial charge in [-0.15, -0.1) is 0 Å². The SMILES string of the molecule is CC(C)=CCC[C@@]1(C)OC(=O)N(CCCCCC(=O)O)[C@@]1(C)O. The number of amides is 1. The lowest BCUT2D eigenvalue weighted by atomic mass is 9.88. The smallest absolute Gasteiger partial charge is 0.412 e. The summed E-state index contributed by atoms with van der Waals surface area (Å²) in [4.78, 5) is 23.9. The van der Waals surface area contributed by atoms with Crippen LogP contribution in [-0.2, 0) is 9.53 Å². The number of carbonyl (C=O) groups is 2. The molecule has 1 saturated heterocycles. The molecule has 23 heavy (non-hydrogen) atoms. The Hall–Kier alpha value is -1.56. The van der Waals surface area contributed by atoms with Crippen LogP contribution < -0.4 is 0 Å². The number of unbranched alkanes of at least 4 members (excludes halogenated alkanes) is 2. The van der Waals surface area contributed by atoms with E-state index in [4.69, 9.17) is 9.84 Å². The Morgan fingerprint density at radius 1 is 1.26 bits per heavy atom. The molecule has 0 saturated carbocycles. The highest BCUT2D eigenvalue weighted by atomic mass is 16.6. The number of rotatable bonds is 9. The van der Waals surface area contributed by atoms with Crippen molar-refractivity contribution in [2.75, 3.05) is 6.54 Å². The minimum atomic E-state index is -1.37. The van der Waals surface area contributed by atoms with E-state index < -0.39 is 23.4 Å². The van der Waals surface area contributed by atoms with Crippen LogP contribution in [-0.4, -0.2) is 45.0 Å². The number of nitrogens with zero attached hydrogens (tertiary/aromatic N) is 1. The topological polar surface area (TPSA) is 87.1 Å². The predicted octanol–water partition coefficient (Wildman–Crippen LogP) is 3.30. The second-order valence-electron chi connectivity index (χ2n) is 6.80. The molecule has 6 heteroatoms. The van der Waals surface area contributed by atoms with Gasteiger partial charge in [-0.05, 0) is 53.4 Å². The molecule has 1 heterocycles. The summed E-state index contributed by atoms with van der Waals surface area (Å²) in [5.41, 5.74) is -1.13. The Labute approximate surface area is 138 Å². The molecule has 132 valence electrons. The maximum atomic E-state index is 12.1. The van der Waals surface area contributed by atoms with E-state index in [2.05, 4.69) is 6.08 Å². The summed E-state index contributed by atoms with van der Waals surface area (Å²) < 4.78 is 5.47. The molecule has 1 aliphatic rings. The lowest BCUT2D eigenvalue weighted by molar-refractivity contribution is -0.139. The highest BCUT2D eigenvalue weighted by molar-refractivity contribution is 5.72. The van der Waals surface area contributed by atoms with Crippen molar-refractivity contribution in [3.8, 4) is 0 Å². The van der Waals surface area contributed by atoms with Crippen molar-refractivity contribution in [3.05, 3.63) is 11.6 Å². The van der Waals surface area contributed by atoms with E-state index >= 15 is 0 Å². The molecule has 6 nitrogen and oxygen atoms in total. The van der Waals surface area contributed by atoms with Gasteiger partial charge < -0.3 is 14.9 Å². The number of aliphatic hydroxyl groups is 1. The highest BCUT2D eigenvalue weighted by Gasteiger charge is 2.58. The molecule has 1 amide bonds. The first-order valence-electron chi connectivity index (χ1n) is 8.18. The molecule has 1 aliphatic heterocycles. The standard InChI is InChI=1S/C17H29NO5/c1-13(2)9-8-11-16(3)17(4,22)18(15(21)23-16)12-7-5-6-10-14(19)20/h9,22H,5-8,10-12H2,1-4H3,(H,19,20)/t16-,17+/m1/s1. The fourth-order valence-corrected chi connectivity index (χ4v) is 2.76. The van der Waals surface area contributed by atoms with Gasteiger partial charge in [-0.2, -0.15) is 0 Å². The molecule has 0 aromatic carbocycles. The van der Waals surface area contributed by atoms with Crippen molar-refractivity contribution in [1.29, 1.82) is 0 Å². The minimum absolute atomic E-state index is 0.126. The summed E-state index contributed by atoms with van der Waals surface area (Å²) in [6.45, 7) is 7.74. The number of carbonyl (C=O) groups excluding carboxylic acids is 1. The molecular formula is C17H29NO5. The largest absolute Gasteiger partial charge is 0.481 e. The first kappa shape index (κ1) is 19.5. The van der Waals surface area contributed by atoms with Crippen molar-refractivity contribution < 1.29 is 24.5 Å². The Morgan fingerprint density at radius 3 is 2.48 bits per heavy atom. The monoisotopic (exact) mass is 327 g/mol. The first-order chi connectivity index (χ1) is 10.6. The van der Waals surface area contributed by atoms with Gasteiger partial charge in [-0.25, -0.2) is 4.79 Å². The first-order valence-corrected chi connectivity index (χ1v) is 8.18. The third-order valence-electron chi connectivity index (χ3n) is 4.51. The summed E-state index contributed by atoms with van der Waals surface area (Å²) in [6, 6.07) is 0. The van der Waals surface area contributed by atoms with Crippen LogP contribution in [0, 0.1) is 0 Å². The lowest BCUT2D eigenvalue weighted by Gasteiger charge is -2.37. The zero-order valence-corrected chi connectivity index (χ0v) is 14.6. The summed E-state index contributed by atoms with van der Waals surface area (Å²) in [5.74, 6) is -0.815. The molecule has 0 aromatic rings. The maximum absolute atomic E-state index is 12.1. The zero-order valence-electron chi connectivity index (χ0n) is 14.6. The molecule has 1 rings (SSSR count). The number of hydrogen-bond donors (Lipinski definition) is 2. The summed E-state index contributed by atoms with van der Waals surface area (Å²) in [5, 5.41) is 19.4. The van der Waals surface area contributed by atoms with Crippen molar-refractivity contribution in [2.45, 2.75) is 77.5 Å². The van der Waals surface area contributed by atoms with Gasteiger partial charge in [0.2, 0.25) is 0 Å². The molecule has 0 aliphatic carbocycles. The third kappa shape index (κ3) is 4.96. The van der Waals surface area contributed by atoms with E-state index in [1.165, 1.54) is 10.5 Å². The van der Waals surface area contributed by atoms with Crippen LogP contribution in [0.3, 0.4) is 0 Å². The van der Waals surface area contributed by atoms with E-state index in [-0.39, 0.29) is 6.42 Å². The Bertz CT molecular complexity index is 468.